The third-order valence-electron chi connectivity index (χ3n) is 4.30. The van der Waals surface area contributed by atoms with Gasteiger partial charge >= 0.3 is 0 Å². The summed E-state index contributed by atoms with van der Waals surface area (Å²) in [5.74, 6) is -0.356. The highest BCUT2D eigenvalue weighted by atomic mass is 127. The number of nitrogens with zero attached hydrogens (tertiary/aromatic N) is 1. The van der Waals surface area contributed by atoms with Crippen LogP contribution in [0.4, 0.5) is 5.69 Å². The minimum absolute atomic E-state index is 0.0635. The molecule has 3 nitrogen and oxygen atoms in total. The number of carbonyl (C=O) groups excluding carboxylic acids is 1. The van der Waals surface area contributed by atoms with Crippen LogP contribution < -0.4 is 5.32 Å². The van der Waals surface area contributed by atoms with Crippen LogP contribution in [-0.2, 0) is 11.2 Å². The van der Waals surface area contributed by atoms with Crippen molar-refractivity contribution in [2.45, 2.75) is 13.3 Å². The van der Waals surface area contributed by atoms with E-state index in [1.165, 1.54) is 5.56 Å². The molecule has 1 heterocycles. The largest absolute Gasteiger partial charge is 0.324 e. The highest BCUT2D eigenvalue weighted by Crippen LogP contribution is 2.26. The summed E-state index contributed by atoms with van der Waals surface area (Å²) >= 11 is 2.28. The molecule has 1 amide bonds. The number of fused-ring (bicyclic) bond motifs is 1. The van der Waals surface area contributed by atoms with E-state index in [4.69, 9.17) is 0 Å². The normalized spacial score (nSPS) is 11.9. The third-order valence-corrected chi connectivity index (χ3v) is 5.24. The minimum Gasteiger partial charge on any atom is -0.324 e. The van der Waals surface area contributed by atoms with E-state index in [1.54, 1.807) is 12.3 Å². The summed E-state index contributed by atoms with van der Waals surface area (Å²) in [7, 11) is 0. The van der Waals surface area contributed by atoms with E-state index in [9.17, 15) is 4.79 Å². The molecule has 0 spiro atoms. The van der Waals surface area contributed by atoms with Gasteiger partial charge in [-0.05, 0) is 65.3 Å². The molecule has 0 fully saturated rings. The number of pyridine rings is 1. The van der Waals surface area contributed by atoms with E-state index in [0.717, 1.165) is 25.7 Å². The number of hydrogen-bond acceptors (Lipinski definition) is 2. The van der Waals surface area contributed by atoms with Crippen LogP contribution in [0.2, 0.25) is 0 Å². The first kappa shape index (κ1) is 17.6. The van der Waals surface area contributed by atoms with Gasteiger partial charge in [0.15, 0.2) is 0 Å². The Balaban J connectivity index is 1.85. The fraction of sp³-hybridized carbons (Fsp3) is 0.143. The van der Waals surface area contributed by atoms with Crippen LogP contribution in [0, 0.1) is 16.4 Å². The number of hydrogen-bond donors (Lipinski definition) is 1. The Labute approximate surface area is 161 Å². The summed E-state index contributed by atoms with van der Waals surface area (Å²) in [6.45, 7) is 5.91. The number of aromatic nitrogens is 1. The first-order valence-electron chi connectivity index (χ1n) is 8.11. The van der Waals surface area contributed by atoms with E-state index >= 15 is 0 Å². The molecule has 1 unspecified atom stereocenters. The molecule has 0 aliphatic heterocycles. The van der Waals surface area contributed by atoms with Gasteiger partial charge in [-0.1, -0.05) is 36.4 Å². The molecule has 0 saturated carbocycles. The van der Waals surface area contributed by atoms with Gasteiger partial charge in [0.25, 0.3) is 0 Å². The molecule has 126 valence electrons. The van der Waals surface area contributed by atoms with Gasteiger partial charge in [0, 0.05) is 15.2 Å². The molecule has 0 saturated heterocycles. The van der Waals surface area contributed by atoms with Gasteiger partial charge in [-0.2, -0.15) is 0 Å². The molecular formula is C21H19IN2O. The van der Waals surface area contributed by atoms with Gasteiger partial charge in [0.2, 0.25) is 5.91 Å². The van der Waals surface area contributed by atoms with Crippen LogP contribution in [0.3, 0.4) is 0 Å². The van der Waals surface area contributed by atoms with Crippen LogP contribution in [0.1, 0.15) is 11.1 Å². The summed E-state index contributed by atoms with van der Waals surface area (Å²) in [5.41, 5.74) is 3.88. The Morgan fingerprint density at radius 1 is 1.24 bits per heavy atom. The quantitative estimate of drug-likeness (QED) is 0.440. The van der Waals surface area contributed by atoms with Crippen LogP contribution in [-0.4, -0.2) is 10.9 Å². The molecule has 0 aliphatic rings. The van der Waals surface area contributed by atoms with Crippen LogP contribution in [0.25, 0.3) is 10.9 Å². The van der Waals surface area contributed by atoms with Crippen LogP contribution in [0.15, 0.2) is 67.4 Å². The van der Waals surface area contributed by atoms with Crippen molar-refractivity contribution in [1.29, 1.82) is 0 Å². The predicted molar refractivity (Wildman–Crippen MR) is 112 cm³/mol. The average Bonchev–Trinajstić information content (AvgIpc) is 2.63. The predicted octanol–water partition coefficient (Wildman–Crippen LogP) is 5.13. The number of aryl methyl sites for hydroxylation is 1. The second kappa shape index (κ2) is 7.78. The van der Waals surface area contributed by atoms with Gasteiger partial charge in [0.05, 0.1) is 17.1 Å². The Kier molecular flexibility index (Phi) is 5.48. The first-order valence-corrected chi connectivity index (χ1v) is 9.19. The molecule has 0 bridgehead atoms. The number of halogens is 1. The van der Waals surface area contributed by atoms with Gasteiger partial charge in [-0.25, -0.2) is 0 Å². The van der Waals surface area contributed by atoms with E-state index in [1.807, 2.05) is 36.4 Å². The van der Waals surface area contributed by atoms with Crippen molar-refractivity contribution in [2.75, 3.05) is 5.32 Å². The Bertz CT molecular complexity index is 936. The van der Waals surface area contributed by atoms with Crippen molar-refractivity contribution in [3.63, 3.8) is 0 Å². The number of rotatable bonds is 5. The smallest absolute Gasteiger partial charge is 0.231 e. The maximum absolute atomic E-state index is 12.8. The molecule has 0 radical (unpaired) electrons. The summed E-state index contributed by atoms with van der Waals surface area (Å²) in [5, 5.41) is 4.06. The second-order valence-electron chi connectivity index (χ2n) is 5.96. The van der Waals surface area contributed by atoms with E-state index in [0.29, 0.717) is 6.42 Å². The topological polar surface area (TPSA) is 42.0 Å². The molecule has 3 rings (SSSR count). The highest BCUT2D eigenvalue weighted by Gasteiger charge is 2.18. The van der Waals surface area contributed by atoms with E-state index in [-0.39, 0.29) is 11.8 Å². The van der Waals surface area contributed by atoms with Gasteiger partial charge in [-0.3, -0.25) is 9.78 Å². The monoisotopic (exact) mass is 442 g/mol. The first-order chi connectivity index (χ1) is 12.1. The maximum atomic E-state index is 12.8. The standard InChI is InChI=1S/C21H19IN2O/c1-3-15(13-16-8-5-4-7-14(16)2)21(25)24-19-11-10-18(22)17-9-6-12-23-20(17)19/h3-12,15H,1,13H2,2H3,(H,24,25). The minimum atomic E-state index is -0.292. The number of carbonyl (C=O) groups is 1. The Morgan fingerprint density at radius 3 is 2.80 bits per heavy atom. The molecule has 1 N–H and O–H groups in total. The lowest BCUT2D eigenvalue weighted by Gasteiger charge is -2.15. The Morgan fingerprint density at radius 2 is 2.04 bits per heavy atom. The molecule has 3 aromatic rings. The number of amides is 1. The van der Waals surface area contributed by atoms with Crippen molar-refractivity contribution in [3.05, 3.63) is 82.1 Å². The second-order valence-corrected chi connectivity index (χ2v) is 7.12. The summed E-state index contributed by atoms with van der Waals surface area (Å²) in [6.07, 6.45) is 4.09. The number of nitrogens with one attached hydrogen (secondary N) is 1. The zero-order valence-corrected chi connectivity index (χ0v) is 16.2. The van der Waals surface area contributed by atoms with Gasteiger partial charge < -0.3 is 5.32 Å². The van der Waals surface area contributed by atoms with Crippen molar-refractivity contribution in [2.24, 2.45) is 5.92 Å². The highest BCUT2D eigenvalue weighted by molar-refractivity contribution is 14.1. The molecule has 2 aromatic carbocycles. The molecule has 25 heavy (non-hydrogen) atoms. The lowest BCUT2D eigenvalue weighted by Crippen LogP contribution is -2.23. The molecular weight excluding hydrogens is 423 g/mol. The van der Waals surface area contributed by atoms with Crippen molar-refractivity contribution >= 4 is 45.1 Å². The van der Waals surface area contributed by atoms with Gasteiger partial charge in [-0.15, -0.1) is 6.58 Å². The summed E-state index contributed by atoms with van der Waals surface area (Å²) in [6, 6.07) is 15.9. The zero-order chi connectivity index (χ0) is 17.8. The van der Waals surface area contributed by atoms with Crippen LogP contribution >= 0.6 is 22.6 Å². The maximum Gasteiger partial charge on any atom is 0.231 e. The Hall–Kier alpha value is -2.21. The summed E-state index contributed by atoms with van der Waals surface area (Å²) in [4.78, 5) is 17.2. The molecule has 4 heteroatoms. The molecule has 0 aliphatic carbocycles. The lowest BCUT2D eigenvalue weighted by molar-refractivity contribution is -0.118. The third kappa shape index (κ3) is 3.90. The van der Waals surface area contributed by atoms with Crippen molar-refractivity contribution < 1.29 is 4.79 Å². The molecule has 1 atom stereocenters. The van der Waals surface area contributed by atoms with Gasteiger partial charge in [0.1, 0.15) is 0 Å². The van der Waals surface area contributed by atoms with Crippen molar-refractivity contribution in [1.82, 2.24) is 4.98 Å². The number of anilines is 1. The van der Waals surface area contributed by atoms with E-state index in [2.05, 4.69) is 58.5 Å². The van der Waals surface area contributed by atoms with Crippen LogP contribution in [0.5, 0.6) is 0 Å². The fourth-order valence-electron chi connectivity index (χ4n) is 2.82. The van der Waals surface area contributed by atoms with E-state index < -0.39 is 0 Å². The summed E-state index contributed by atoms with van der Waals surface area (Å²) < 4.78 is 1.11. The number of benzene rings is 2. The molecule has 1 aromatic heterocycles. The van der Waals surface area contributed by atoms with Crippen molar-refractivity contribution in [3.8, 4) is 0 Å². The SMILES string of the molecule is C=CC(Cc1ccccc1C)C(=O)Nc1ccc(I)c2cccnc12. The average molecular weight is 442 g/mol. The lowest BCUT2D eigenvalue weighted by atomic mass is 9.95. The fourth-order valence-corrected chi connectivity index (χ4v) is 3.44. The zero-order valence-electron chi connectivity index (χ0n) is 14.0.